The quantitative estimate of drug-likeness (QED) is 0.185. The smallest absolute Gasteiger partial charge is 0.0544 e. The first-order valence-corrected chi connectivity index (χ1v) is 13.0. The lowest BCUT2D eigenvalue weighted by Gasteiger charge is -2.23. The van der Waals surface area contributed by atoms with Gasteiger partial charge in [-0.15, -0.1) is 0 Å². The van der Waals surface area contributed by atoms with Crippen molar-refractivity contribution in [2.24, 2.45) is 0 Å². The first-order valence-electron chi connectivity index (χ1n) is 13.0. The Morgan fingerprint density at radius 1 is 0.912 bits per heavy atom. The summed E-state index contributed by atoms with van der Waals surface area (Å²) in [5.41, 5.74) is 9.69. The molecule has 1 heterocycles. The van der Waals surface area contributed by atoms with Gasteiger partial charge in [0, 0.05) is 16.5 Å². The fourth-order valence-electron chi connectivity index (χ4n) is 4.85. The molecule has 1 nitrogen and oxygen atoms in total. The van der Waals surface area contributed by atoms with Gasteiger partial charge < -0.3 is 4.57 Å². The van der Waals surface area contributed by atoms with E-state index in [2.05, 4.69) is 120 Å². The van der Waals surface area contributed by atoms with Crippen molar-refractivity contribution < 1.29 is 0 Å². The van der Waals surface area contributed by atoms with Gasteiger partial charge in [-0.05, 0) is 91.8 Å². The molecule has 0 spiro atoms. The maximum absolute atomic E-state index is 2.51. The minimum absolute atomic E-state index is 0.158. The predicted octanol–water partition coefficient (Wildman–Crippen LogP) is 9.88. The van der Waals surface area contributed by atoms with Gasteiger partial charge in [0.15, 0.2) is 0 Å². The zero-order valence-corrected chi connectivity index (χ0v) is 22.2. The first kappa shape index (κ1) is 24.3. The summed E-state index contributed by atoms with van der Waals surface area (Å²) in [6.45, 7) is 15.9. The van der Waals surface area contributed by atoms with Gasteiger partial charge in [-0.3, -0.25) is 0 Å². The van der Waals surface area contributed by atoms with E-state index in [9.17, 15) is 0 Å². The number of allylic oxidation sites excluding steroid dienone is 2. The number of benzene rings is 3. The molecule has 1 heteroatoms. The monoisotopic (exact) mass is 451 g/mol. The van der Waals surface area contributed by atoms with Crippen LogP contribution in [0, 0.1) is 0 Å². The van der Waals surface area contributed by atoms with Gasteiger partial charge in [-0.25, -0.2) is 0 Å². The fraction of sp³-hybridized carbons (Fsp3) is 0.394. The van der Waals surface area contributed by atoms with Gasteiger partial charge in [0.25, 0.3) is 0 Å². The number of hydrogen-bond acceptors (Lipinski definition) is 0. The van der Waals surface area contributed by atoms with Crippen molar-refractivity contribution in [1.82, 2.24) is 4.57 Å². The van der Waals surface area contributed by atoms with Gasteiger partial charge in [0.2, 0.25) is 0 Å². The van der Waals surface area contributed by atoms with Crippen molar-refractivity contribution in [3.63, 3.8) is 0 Å². The number of aromatic nitrogens is 1. The van der Waals surface area contributed by atoms with Crippen LogP contribution in [-0.4, -0.2) is 4.57 Å². The average Bonchev–Trinajstić information content (AvgIpc) is 3.14. The van der Waals surface area contributed by atoms with E-state index in [-0.39, 0.29) is 5.41 Å². The molecule has 3 aromatic carbocycles. The Hall–Kier alpha value is -2.80. The van der Waals surface area contributed by atoms with Crippen molar-refractivity contribution >= 4 is 21.8 Å². The van der Waals surface area contributed by atoms with Crippen LogP contribution in [0.25, 0.3) is 27.5 Å². The summed E-state index contributed by atoms with van der Waals surface area (Å²) < 4.78 is 2.51. The fourth-order valence-corrected chi connectivity index (χ4v) is 4.85. The normalized spacial score (nSPS) is 12.1. The topological polar surface area (TPSA) is 4.93 Å². The first-order chi connectivity index (χ1) is 16.2. The summed E-state index contributed by atoms with van der Waals surface area (Å²) in [5, 5.41) is 2.68. The molecular formula is C33H41N. The SMILES string of the molecule is CCC(C)(C)c1ccc2c3ccc(C(C)C)cc3n(-c3cccc(CCCC=C(C)C)c3)c2c1. The molecule has 178 valence electrons. The Labute approximate surface area is 206 Å². The number of aryl methyl sites for hydroxylation is 1. The van der Waals surface area contributed by atoms with E-state index in [1.165, 1.54) is 56.2 Å². The molecule has 4 rings (SSSR count). The zero-order valence-electron chi connectivity index (χ0n) is 22.2. The number of hydrogen-bond donors (Lipinski definition) is 0. The molecule has 0 N–H and O–H groups in total. The Balaban J connectivity index is 1.90. The summed E-state index contributed by atoms with van der Waals surface area (Å²) >= 11 is 0. The van der Waals surface area contributed by atoms with Crippen molar-refractivity contribution in [2.45, 2.75) is 85.5 Å². The molecule has 0 radical (unpaired) electrons. The molecule has 0 aliphatic carbocycles. The molecular weight excluding hydrogens is 410 g/mol. The van der Waals surface area contributed by atoms with Gasteiger partial charge in [-0.1, -0.05) is 82.7 Å². The van der Waals surface area contributed by atoms with Crippen LogP contribution < -0.4 is 0 Å². The van der Waals surface area contributed by atoms with Crippen LogP contribution in [0.4, 0.5) is 0 Å². The molecule has 0 aliphatic heterocycles. The third-order valence-corrected chi connectivity index (χ3v) is 7.51. The van der Waals surface area contributed by atoms with Gasteiger partial charge in [0.1, 0.15) is 0 Å². The standard InChI is InChI=1S/C33H41N/c1-8-33(6,7)27-17-19-30-29-18-16-26(24(4)5)21-31(29)34(32(30)22-27)28-15-11-14-25(20-28)13-10-9-12-23(2)3/h11-12,14-22,24H,8-10,13H2,1-7H3. The number of nitrogens with zero attached hydrogens (tertiary/aromatic N) is 1. The van der Waals surface area contributed by atoms with Crippen LogP contribution in [0.1, 0.15) is 90.3 Å². The Kier molecular flexibility index (Phi) is 7.03. The largest absolute Gasteiger partial charge is 0.309 e. The highest BCUT2D eigenvalue weighted by molar-refractivity contribution is 6.09. The molecule has 0 aliphatic rings. The lowest BCUT2D eigenvalue weighted by Crippen LogP contribution is -2.15. The molecule has 0 fully saturated rings. The second kappa shape index (κ2) is 9.82. The minimum atomic E-state index is 0.158. The lowest BCUT2D eigenvalue weighted by atomic mass is 9.82. The minimum Gasteiger partial charge on any atom is -0.309 e. The summed E-state index contributed by atoms with van der Waals surface area (Å²) in [6, 6.07) is 23.4. The molecule has 0 saturated carbocycles. The van der Waals surface area contributed by atoms with Crippen molar-refractivity contribution in [3.8, 4) is 5.69 Å². The van der Waals surface area contributed by atoms with Crippen molar-refractivity contribution in [1.29, 1.82) is 0 Å². The lowest BCUT2D eigenvalue weighted by molar-refractivity contribution is 0.507. The van der Waals surface area contributed by atoms with Crippen LogP contribution in [0.15, 0.2) is 72.3 Å². The van der Waals surface area contributed by atoms with E-state index >= 15 is 0 Å². The van der Waals surface area contributed by atoms with Crippen molar-refractivity contribution in [3.05, 3.63) is 89.0 Å². The molecule has 0 unspecified atom stereocenters. The summed E-state index contributed by atoms with van der Waals surface area (Å²) in [4.78, 5) is 0. The number of fused-ring (bicyclic) bond motifs is 3. The van der Waals surface area contributed by atoms with E-state index in [0.717, 1.165) is 19.3 Å². The van der Waals surface area contributed by atoms with Crippen molar-refractivity contribution in [2.75, 3.05) is 0 Å². The van der Waals surface area contributed by atoms with E-state index in [1.54, 1.807) is 0 Å². The number of unbranched alkanes of at least 4 members (excludes halogenated alkanes) is 1. The zero-order chi connectivity index (χ0) is 24.5. The van der Waals surface area contributed by atoms with E-state index < -0.39 is 0 Å². The summed E-state index contributed by atoms with van der Waals surface area (Å²) in [7, 11) is 0. The van der Waals surface area contributed by atoms with Crippen LogP contribution in [0.3, 0.4) is 0 Å². The van der Waals surface area contributed by atoms with Crippen LogP contribution >= 0.6 is 0 Å². The third-order valence-electron chi connectivity index (χ3n) is 7.51. The summed E-state index contributed by atoms with van der Waals surface area (Å²) in [6.07, 6.45) is 6.92. The molecule has 34 heavy (non-hydrogen) atoms. The maximum atomic E-state index is 2.51. The predicted molar refractivity (Wildman–Crippen MR) is 151 cm³/mol. The Morgan fingerprint density at radius 3 is 2.29 bits per heavy atom. The second-order valence-electron chi connectivity index (χ2n) is 11.1. The van der Waals surface area contributed by atoms with Gasteiger partial charge >= 0.3 is 0 Å². The Bertz CT molecular complexity index is 1330. The summed E-state index contributed by atoms with van der Waals surface area (Å²) in [5.74, 6) is 0.506. The molecule has 4 aromatic rings. The van der Waals surface area contributed by atoms with Crippen LogP contribution in [0.5, 0.6) is 0 Å². The highest BCUT2D eigenvalue weighted by atomic mass is 15.0. The second-order valence-corrected chi connectivity index (χ2v) is 11.1. The van der Waals surface area contributed by atoms with Gasteiger partial charge in [0.05, 0.1) is 11.0 Å². The van der Waals surface area contributed by atoms with Gasteiger partial charge in [-0.2, -0.15) is 0 Å². The molecule has 0 amide bonds. The molecule has 0 atom stereocenters. The Morgan fingerprint density at radius 2 is 1.62 bits per heavy atom. The third kappa shape index (κ3) is 4.85. The average molecular weight is 452 g/mol. The molecule has 0 bridgehead atoms. The molecule has 0 saturated heterocycles. The van der Waals surface area contributed by atoms with E-state index in [4.69, 9.17) is 0 Å². The molecule has 1 aromatic heterocycles. The number of rotatable bonds is 8. The van der Waals surface area contributed by atoms with E-state index in [1.807, 2.05) is 0 Å². The maximum Gasteiger partial charge on any atom is 0.0544 e. The van der Waals surface area contributed by atoms with Crippen LogP contribution in [0.2, 0.25) is 0 Å². The van der Waals surface area contributed by atoms with Crippen LogP contribution in [-0.2, 0) is 11.8 Å². The highest BCUT2D eigenvalue weighted by Gasteiger charge is 2.21. The highest BCUT2D eigenvalue weighted by Crippen LogP contribution is 2.37. The van der Waals surface area contributed by atoms with E-state index in [0.29, 0.717) is 5.92 Å².